The minimum absolute atomic E-state index is 0.0525. The van der Waals surface area contributed by atoms with Crippen molar-refractivity contribution < 1.29 is 9.47 Å². The van der Waals surface area contributed by atoms with Crippen LogP contribution in [0.2, 0.25) is 0 Å². The Hall–Kier alpha value is -2.17. The summed E-state index contributed by atoms with van der Waals surface area (Å²) in [7, 11) is 0. The van der Waals surface area contributed by atoms with Crippen LogP contribution in [0.4, 0.5) is 0 Å². The molecule has 4 heteroatoms. The number of benzene rings is 1. The van der Waals surface area contributed by atoms with Crippen LogP contribution < -0.4 is 4.74 Å². The summed E-state index contributed by atoms with van der Waals surface area (Å²) < 4.78 is 11.8. The summed E-state index contributed by atoms with van der Waals surface area (Å²) in [5.41, 5.74) is 4.68. The summed E-state index contributed by atoms with van der Waals surface area (Å²) in [6, 6.07) is 12.4. The summed E-state index contributed by atoms with van der Waals surface area (Å²) in [5, 5.41) is 0. The van der Waals surface area contributed by atoms with E-state index in [0.29, 0.717) is 6.61 Å². The number of para-hydroxylation sites is 1. The van der Waals surface area contributed by atoms with Crippen molar-refractivity contribution in [3.05, 3.63) is 65.0 Å². The third-order valence-corrected chi connectivity index (χ3v) is 4.53. The maximum atomic E-state index is 5.92. The maximum absolute atomic E-state index is 5.92. The Bertz CT molecular complexity index is 740. The number of morpholine rings is 1. The molecule has 0 aliphatic carbocycles. The smallest absolute Gasteiger partial charge is 0.127 e. The van der Waals surface area contributed by atoms with E-state index in [-0.39, 0.29) is 6.10 Å². The highest BCUT2D eigenvalue weighted by molar-refractivity contribution is 5.62. The highest BCUT2D eigenvalue weighted by atomic mass is 16.5. The van der Waals surface area contributed by atoms with Gasteiger partial charge in [-0.15, -0.1) is 0 Å². The number of hydrogen-bond acceptors (Lipinski definition) is 4. The van der Waals surface area contributed by atoms with Gasteiger partial charge in [0.2, 0.25) is 0 Å². The molecule has 3 heterocycles. The molecular weight excluding hydrogens is 300 g/mol. The van der Waals surface area contributed by atoms with Gasteiger partial charge in [-0.25, -0.2) is 0 Å². The van der Waals surface area contributed by atoms with Crippen LogP contribution in [0.3, 0.4) is 0 Å². The van der Waals surface area contributed by atoms with Crippen molar-refractivity contribution in [1.82, 2.24) is 9.88 Å². The van der Waals surface area contributed by atoms with Crippen LogP contribution in [0, 0.1) is 6.92 Å². The lowest BCUT2D eigenvalue weighted by molar-refractivity contribution is -0.0294. The highest BCUT2D eigenvalue weighted by Crippen LogP contribution is 2.27. The SMILES string of the molecule is Cc1ccc([C@@H]2CN(CC3=Cc4ccccc4OC3)CCO2)nc1. The van der Waals surface area contributed by atoms with Crippen molar-refractivity contribution >= 4 is 6.08 Å². The van der Waals surface area contributed by atoms with E-state index in [1.165, 1.54) is 16.7 Å². The molecule has 1 aromatic carbocycles. The van der Waals surface area contributed by atoms with E-state index in [2.05, 4.69) is 47.1 Å². The van der Waals surface area contributed by atoms with Crippen LogP contribution in [0.15, 0.2) is 48.2 Å². The minimum atomic E-state index is 0.0525. The largest absolute Gasteiger partial charge is 0.489 e. The van der Waals surface area contributed by atoms with Gasteiger partial charge in [-0.05, 0) is 36.3 Å². The average Bonchev–Trinajstić information content (AvgIpc) is 2.62. The molecule has 0 amide bonds. The van der Waals surface area contributed by atoms with Crippen LogP contribution in [0.25, 0.3) is 6.08 Å². The van der Waals surface area contributed by atoms with Crippen molar-refractivity contribution in [2.24, 2.45) is 0 Å². The first-order chi connectivity index (χ1) is 11.8. The molecule has 4 rings (SSSR count). The molecule has 1 saturated heterocycles. The summed E-state index contributed by atoms with van der Waals surface area (Å²) in [5.74, 6) is 0.977. The van der Waals surface area contributed by atoms with Crippen LogP contribution in [0.1, 0.15) is 22.9 Å². The fourth-order valence-electron chi connectivity index (χ4n) is 3.24. The monoisotopic (exact) mass is 322 g/mol. The quantitative estimate of drug-likeness (QED) is 0.869. The van der Waals surface area contributed by atoms with Gasteiger partial charge >= 0.3 is 0 Å². The molecule has 0 spiro atoms. The first-order valence-electron chi connectivity index (χ1n) is 8.46. The van der Waals surface area contributed by atoms with Gasteiger partial charge in [0.05, 0.1) is 12.3 Å². The molecular formula is C20H22N2O2. The Balaban J connectivity index is 1.44. The van der Waals surface area contributed by atoms with Crippen LogP contribution in [-0.4, -0.2) is 42.7 Å². The number of pyridine rings is 1. The third kappa shape index (κ3) is 3.35. The number of hydrogen-bond donors (Lipinski definition) is 0. The second-order valence-corrected chi connectivity index (χ2v) is 6.48. The molecule has 0 radical (unpaired) electrons. The zero-order chi connectivity index (χ0) is 16.4. The first kappa shape index (κ1) is 15.4. The van der Waals surface area contributed by atoms with Crippen LogP contribution >= 0.6 is 0 Å². The Labute approximate surface area is 142 Å². The van der Waals surface area contributed by atoms with Gasteiger partial charge in [-0.3, -0.25) is 9.88 Å². The van der Waals surface area contributed by atoms with Crippen molar-refractivity contribution in [2.75, 3.05) is 32.8 Å². The normalized spacial score (nSPS) is 20.9. The minimum Gasteiger partial charge on any atom is -0.489 e. The fraction of sp³-hybridized carbons (Fsp3) is 0.350. The summed E-state index contributed by atoms with van der Waals surface area (Å²) in [6.07, 6.45) is 4.22. The lowest BCUT2D eigenvalue weighted by atomic mass is 10.1. The van der Waals surface area contributed by atoms with Crippen molar-refractivity contribution in [3.8, 4) is 5.75 Å². The second-order valence-electron chi connectivity index (χ2n) is 6.48. The van der Waals surface area contributed by atoms with Gasteiger partial charge in [0.25, 0.3) is 0 Å². The van der Waals surface area contributed by atoms with E-state index in [1.807, 2.05) is 18.3 Å². The van der Waals surface area contributed by atoms with E-state index in [1.54, 1.807) is 0 Å². The molecule has 0 saturated carbocycles. The Kier molecular flexibility index (Phi) is 4.32. The molecule has 1 aromatic heterocycles. The van der Waals surface area contributed by atoms with Gasteiger partial charge in [0.15, 0.2) is 0 Å². The van der Waals surface area contributed by atoms with E-state index >= 15 is 0 Å². The summed E-state index contributed by atoms with van der Waals surface area (Å²) in [6.45, 7) is 6.20. The summed E-state index contributed by atoms with van der Waals surface area (Å²) >= 11 is 0. The van der Waals surface area contributed by atoms with Crippen LogP contribution in [0.5, 0.6) is 5.75 Å². The topological polar surface area (TPSA) is 34.6 Å². The fourth-order valence-corrected chi connectivity index (χ4v) is 3.24. The molecule has 1 atom stereocenters. The standard InChI is InChI=1S/C20H22N2O2/c1-15-6-7-18(21-11-15)20-13-22(8-9-23-20)12-16-10-17-4-2-3-5-19(17)24-14-16/h2-7,10-11,20H,8-9,12-14H2,1H3/t20-/m0/s1. The van der Waals surface area contributed by atoms with E-state index in [9.17, 15) is 0 Å². The number of aromatic nitrogens is 1. The molecule has 0 N–H and O–H groups in total. The lowest BCUT2D eigenvalue weighted by Gasteiger charge is -2.33. The van der Waals surface area contributed by atoms with Crippen molar-refractivity contribution in [2.45, 2.75) is 13.0 Å². The Morgan fingerprint density at radius 3 is 3.00 bits per heavy atom. The molecule has 0 unspecified atom stereocenters. The van der Waals surface area contributed by atoms with E-state index in [0.717, 1.165) is 37.7 Å². The summed E-state index contributed by atoms with van der Waals surface area (Å²) in [4.78, 5) is 6.95. The Morgan fingerprint density at radius 2 is 2.12 bits per heavy atom. The molecule has 2 aliphatic heterocycles. The molecule has 2 aromatic rings. The number of fused-ring (bicyclic) bond motifs is 1. The predicted octanol–water partition coefficient (Wildman–Crippen LogP) is 3.24. The van der Waals surface area contributed by atoms with Crippen LogP contribution in [-0.2, 0) is 4.74 Å². The number of ether oxygens (including phenoxy) is 2. The molecule has 124 valence electrons. The first-order valence-corrected chi connectivity index (χ1v) is 8.46. The molecule has 2 aliphatic rings. The van der Waals surface area contributed by atoms with Gasteiger partial charge in [0.1, 0.15) is 18.5 Å². The van der Waals surface area contributed by atoms with Gasteiger partial charge in [0, 0.05) is 31.4 Å². The number of rotatable bonds is 3. The highest BCUT2D eigenvalue weighted by Gasteiger charge is 2.24. The zero-order valence-electron chi connectivity index (χ0n) is 13.9. The van der Waals surface area contributed by atoms with Gasteiger partial charge in [-0.2, -0.15) is 0 Å². The zero-order valence-corrected chi connectivity index (χ0v) is 13.9. The number of aryl methyl sites for hydroxylation is 1. The predicted molar refractivity (Wildman–Crippen MR) is 94.0 cm³/mol. The lowest BCUT2D eigenvalue weighted by Crippen LogP contribution is -2.40. The maximum Gasteiger partial charge on any atom is 0.127 e. The van der Waals surface area contributed by atoms with Crippen molar-refractivity contribution in [3.63, 3.8) is 0 Å². The van der Waals surface area contributed by atoms with Crippen molar-refractivity contribution in [1.29, 1.82) is 0 Å². The average molecular weight is 322 g/mol. The van der Waals surface area contributed by atoms with E-state index in [4.69, 9.17) is 9.47 Å². The Morgan fingerprint density at radius 1 is 1.21 bits per heavy atom. The molecule has 1 fully saturated rings. The van der Waals surface area contributed by atoms with E-state index < -0.39 is 0 Å². The third-order valence-electron chi connectivity index (χ3n) is 4.53. The molecule has 24 heavy (non-hydrogen) atoms. The molecule has 4 nitrogen and oxygen atoms in total. The number of nitrogens with zero attached hydrogens (tertiary/aromatic N) is 2. The molecule has 0 bridgehead atoms. The second kappa shape index (κ2) is 6.75. The van der Waals surface area contributed by atoms with Gasteiger partial charge < -0.3 is 9.47 Å². The van der Waals surface area contributed by atoms with Gasteiger partial charge in [-0.1, -0.05) is 24.3 Å².